The minimum atomic E-state index is 0.695. The van der Waals surface area contributed by atoms with E-state index in [2.05, 4.69) is 15.2 Å². The van der Waals surface area contributed by atoms with E-state index in [1.807, 2.05) is 36.1 Å². The van der Waals surface area contributed by atoms with Gasteiger partial charge in [0, 0.05) is 12.8 Å². The molecule has 3 aromatic heterocycles. The van der Waals surface area contributed by atoms with Crippen molar-refractivity contribution in [2.75, 3.05) is 0 Å². The van der Waals surface area contributed by atoms with Crippen molar-refractivity contribution in [3.05, 3.63) is 35.3 Å². The molecule has 98 valence electrons. The number of oxazole rings is 1. The number of aryl methyl sites for hydroxylation is 2. The highest BCUT2D eigenvalue weighted by Crippen LogP contribution is 2.28. The topological polar surface area (TPSA) is 56.7 Å². The van der Waals surface area contributed by atoms with Gasteiger partial charge in [0.15, 0.2) is 5.16 Å². The normalized spacial score (nSPS) is 11.1. The SMILES string of the molecule is Cc1oc(-c2cccs2)nc1CSc1nncn1C. The Morgan fingerprint density at radius 2 is 2.37 bits per heavy atom. The number of aromatic nitrogens is 4. The molecule has 5 nitrogen and oxygen atoms in total. The van der Waals surface area contributed by atoms with Crippen LogP contribution in [0.25, 0.3) is 10.8 Å². The molecular weight excluding hydrogens is 280 g/mol. The molecule has 19 heavy (non-hydrogen) atoms. The largest absolute Gasteiger partial charge is 0.440 e. The Balaban J connectivity index is 1.77. The smallest absolute Gasteiger partial charge is 0.236 e. The second-order valence-electron chi connectivity index (χ2n) is 4.01. The van der Waals surface area contributed by atoms with Crippen LogP contribution in [-0.4, -0.2) is 19.7 Å². The van der Waals surface area contributed by atoms with Crippen molar-refractivity contribution in [1.82, 2.24) is 19.7 Å². The van der Waals surface area contributed by atoms with Crippen LogP contribution in [0, 0.1) is 6.92 Å². The summed E-state index contributed by atoms with van der Waals surface area (Å²) < 4.78 is 7.59. The molecule has 0 atom stereocenters. The number of hydrogen-bond donors (Lipinski definition) is 0. The van der Waals surface area contributed by atoms with E-state index in [0.717, 1.165) is 27.2 Å². The molecular formula is C12H12N4OS2. The lowest BCUT2D eigenvalue weighted by molar-refractivity contribution is 0.542. The predicted molar refractivity (Wildman–Crippen MR) is 75.1 cm³/mol. The third-order valence-corrected chi connectivity index (χ3v) is 4.54. The van der Waals surface area contributed by atoms with Gasteiger partial charge in [-0.15, -0.1) is 21.5 Å². The zero-order valence-corrected chi connectivity index (χ0v) is 12.2. The maximum Gasteiger partial charge on any atom is 0.236 e. The highest BCUT2D eigenvalue weighted by molar-refractivity contribution is 7.98. The summed E-state index contributed by atoms with van der Waals surface area (Å²) in [5.41, 5.74) is 0.955. The maximum absolute atomic E-state index is 5.70. The second kappa shape index (κ2) is 5.18. The summed E-state index contributed by atoms with van der Waals surface area (Å²) in [7, 11) is 1.93. The Morgan fingerprint density at radius 1 is 1.47 bits per heavy atom. The van der Waals surface area contributed by atoms with Crippen molar-refractivity contribution in [3.63, 3.8) is 0 Å². The maximum atomic E-state index is 5.70. The average molecular weight is 292 g/mol. The minimum Gasteiger partial charge on any atom is -0.440 e. The third-order valence-electron chi connectivity index (χ3n) is 2.63. The lowest BCUT2D eigenvalue weighted by Crippen LogP contribution is -1.91. The molecule has 3 rings (SSSR count). The van der Waals surface area contributed by atoms with E-state index >= 15 is 0 Å². The molecule has 0 saturated carbocycles. The van der Waals surface area contributed by atoms with E-state index in [4.69, 9.17) is 4.42 Å². The minimum absolute atomic E-state index is 0.695. The Morgan fingerprint density at radius 3 is 3.05 bits per heavy atom. The summed E-state index contributed by atoms with van der Waals surface area (Å²) in [6, 6.07) is 4.00. The number of rotatable bonds is 4. The van der Waals surface area contributed by atoms with Crippen LogP contribution >= 0.6 is 23.1 Å². The van der Waals surface area contributed by atoms with Gasteiger partial charge < -0.3 is 8.98 Å². The lowest BCUT2D eigenvalue weighted by atomic mass is 10.4. The van der Waals surface area contributed by atoms with Crippen LogP contribution in [-0.2, 0) is 12.8 Å². The van der Waals surface area contributed by atoms with E-state index < -0.39 is 0 Å². The van der Waals surface area contributed by atoms with Crippen LogP contribution in [0.15, 0.2) is 33.4 Å². The first-order valence-electron chi connectivity index (χ1n) is 5.71. The van der Waals surface area contributed by atoms with E-state index in [1.165, 1.54) is 0 Å². The molecule has 0 unspecified atom stereocenters. The molecule has 0 aliphatic heterocycles. The Bertz CT molecular complexity index is 672. The molecule has 3 aromatic rings. The standard InChI is InChI=1S/C12H12N4OS2/c1-8-9(6-19-12-15-13-7-16(12)2)14-11(17-8)10-4-3-5-18-10/h3-5,7H,6H2,1-2H3. The van der Waals surface area contributed by atoms with Gasteiger partial charge in [-0.2, -0.15) is 0 Å². The first kappa shape index (κ1) is 12.4. The van der Waals surface area contributed by atoms with Crippen molar-refractivity contribution in [2.45, 2.75) is 17.8 Å². The first-order chi connectivity index (χ1) is 9.24. The summed E-state index contributed by atoms with van der Waals surface area (Å²) in [6.07, 6.45) is 1.69. The molecule has 0 N–H and O–H groups in total. The molecule has 0 saturated heterocycles. The first-order valence-corrected chi connectivity index (χ1v) is 7.57. The summed E-state index contributed by atoms with van der Waals surface area (Å²) >= 11 is 3.23. The van der Waals surface area contributed by atoms with Gasteiger partial charge in [-0.05, 0) is 18.4 Å². The Labute approximate surface area is 118 Å². The molecule has 0 aromatic carbocycles. The van der Waals surface area contributed by atoms with Gasteiger partial charge in [0.2, 0.25) is 5.89 Å². The zero-order chi connectivity index (χ0) is 13.2. The molecule has 0 radical (unpaired) electrons. The predicted octanol–water partition coefficient (Wildman–Crippen LogP) is 3.13. The summed E-state index contributed by atoms with van der Waals surface area (Å²) in [4.78, 5) is 5.60. The van der Waals surface area contributed by atoms with E-state index in [9.17, 15) is 0 Å². The summed E-state index contributed by atoms with van der Waals surface area (Å²) in [6.45, 7) is 1.94. The second-order valence-corrected chi connectivity index (χ2v) is 5.90. The molecule has 0 aliphatic carbocycles. The van der Waals surface area contributed by atoms with E-state index in [-0.39, 0.29) is 0 Å². The van der Waals surface area contributed by atoms with Gasteiger partial charge >= 0.3 is 0 Å². The molecule has 0 spiro atoms. The van der Waals surface area contributed by atoms with Crippen molar-refractivity contribution in [3.8, 4) is 10.8 Å². The van der Waals surface area contributed by atoms with Crippen LogP contribution in [0.3, 0.4) is 0 Å². The van der Waals surface area contributed by atoms with Crippen molar-refractivity contribution < 1.29 is 4.42 Å². The quantitative estimate of drug-likeness (QED) is 0.691. The van der Waals surface area contributed by atoms with E-state index in [0.29, 0.717) is 5.89 Å². The summed E-state index contributed by atoms with van der Waals surface area (Å²) in [5, 5.41) is 10.8. The van der Waals surface area contributed by atoms with E-state index in [1.54, 1.807) is 29.4 Å². The number of thiophene rings is 1. The van der Waals surface area contributed by atoms with Gasteiger partial charge in [-0.3, -0.25) is 0 Å². The molecule has 7 heteroatoms. The highest BCUT2D eigenvalue weighted by Gasteiger charge is 2.13. The van der Waals surface area contributed by atoms with Gasteiger partial charge in [0.25, 0.3) is 0 Å². The van der Waals surface area contributed by atoms with Crippen LogP contribution in [0.5, 0.6) is 0 Å². The number of nitrogens with zero attached hydrogens (tertiary/aromatic N) is 4. The molecule has 0 aliphatic rings. The highest BCUT2D eigenvalue weighted by atomic mass is 32.2. The molecule has 3 heterocycles. The average Bonchev–Trinajstić information content (AvgIpc) is 3.08. The fraction of sp³-hybridized carbons (Fsp3) is 0.250. The van der Waals surface area contributed by atoms with Crippen molar-refractivity contribution >= 4 is 23.1 Å². The van der Waals surface area contributed by atoms with Gasteiger partial charge in [0.05, 0.1) is 10.6 Å². The summed E-state index contributed by atoms with van der Waals surface area (Å²) in [5.74, 6) is 2.28. The van der Waals surface area contributed by atoms with Crippen molar-refractivity contribution in [1.29, 1.82) is 0 Å². The molecule has 0 amide bonds. The number of hydrogen-bond acceptors (Lipinski definition) is 6. The van der Waals surface area contributed by atoms with Crippen molar-refractivity contribution in [2.24, 2.45) is 7.05 Å². The number of thioether (sulfide) groups is 1. The monoisotopic (exact) mass is 292 g/mol. The molecule has 0 fully saturated rings. The molecule has 0 bridgehead atoms. The lowest BCUT2D eigenvalue weighted by Gasteiger charge is -1.97. The Kier molecular flexibility index (Phi) is 3.39. The third kappa shape index (κ3) is 2.57. The van der Waals surface area contributed by atoms with Gasteiger partial charge in [-0.1, -0.05) is 17.8 Å². The zero-order valence-electron chi connectivity index (χ0n) is 10.5. The van der Waals surface area contributed by atoms with Crippen LogP contribution in [0.1, 0.15) is 11.5 Å². The van der Waals surface area contributed by atoms with Gasteiger partial charge in [0.1, 0.15) is 12.1 Å². The van der Waals surface area contributed by atoms with Crippen LogP contribution in [0.2, 0.25) is 0 Å². The Hall–Kier alpha value is -1.60. The fourth-order valence-electron chi connectivity index (χ4n) is 1.60. The van der Waals surface area contributed by atoms with Gasteiger partial charge in [-0.25, -0.2) is 4.98 Å². The van der Waals surface area contributed by atoms with Crippen LogP contribution in [0.4, 0.5) is 0 Å². The van der Waals surface area contributed by atoms with Crippen LogP contribution < -0.4 is 0 Å². The fourth-order valence-corrected chi connectivity index (χ4v) is 3.14.